The molecule has 0 radical (unpaired) electrons. The quantitative estimate of drug-likeness (QED) is 0.657. The van der Waals surface area contributed by atoms with Gasteiger partial charge in [-0.2, -0.15) is 0 Å². The Morgan fingerprint density at radius 2 is 1.55 bits per heavy atom. The average molecular weight is 384 g/mol. The molecule has 3 aromatic rings. The molecule has 0 aliphatic carbocycles. The Kier molecular flexibility index (Phi) is 5.82. The number of nitrogens with one attached hydrogen (secondary N) is 1. The van der Waals surface area contributed by atoms with Crippen molar-refractivity contribution < 1.29 is 9.59 Å². The summed E-state index contributed by atoms with van der Waals surface area (Å²) >= 11 is 0. The van der Waals surface area contributed by atoms with Crippen LogP contribution >= 0.6 is 0 Å². The molecule has 0 bridgehead atoms. The molecule has 3 aromatic carbocycles. The Morgan fingerprint density at radius 3 is 2.38 bits per heavy atom. The number of hydrogen-bond donors (Lipinski definition) is 1. The Labute approximate surface area is 171 Å². The third kappa shape index (κ3) is 4.79. The van der Waals surface area contributed by atoms with Crippen molar-refractivity contribution in [1.29, 1.82) is 0 Å². The van der Waals surface area contributed by atoms with Gasteiger partial charge in [0.1, 0.15) is 0 Å². The summed E-state index contributed by atoms with van der Waals surface area (Å²) in [6.07, 6.45) is 1.05. The summed E-state index contributed by atoms with van der Waals surface area (Å²) in [5, 5.41) is 2.74. The predicted molar refractivity (Wildman–Crippen MR) is 114 cm³/mol. The SMILES string of the molecule is O=C(CNC(=O)c1cccc(CN2CCc3ccccc3C2)c1)c1ccccc1. The van der Waals surface area contributed by atoms with Crippen LogP contribution in [0, 0.1) is 0 Å². The lowest BCUT2D eigenvalue weighted by Gasteiger charge is -2.28. The molecule has 0 saturated carbocycles. The average Bonchev–Trinajstić information content (AvgIpc) is 2.78. The molecule has 146 valence electrons. The minimum absolute atomic E-state index is 0.00398. The Hall–Kier alpha value is -3.24. The summed E-state index contributed by atoms with van der Waals surface area (Å²) in [6, 6.07) is 25.2. The fourth-order valence-electron chi connectivity index (χ4n) is 3.75. The summed E-state index contributed by atoms with van der Waals surface area (Å²) in [5.41, 5.74) is 5.10. The lowest BCUT2D eigenvalue weighted by atomic mass is 9.99. The van der Waals surface area contributed by atoms with E-state index in [0.29, 0.717) is 11.1 Å². The molecular formula is C25H24N2O2. The molecule has 1 heterocycles. The van der Waals surface area contributed by atoms with E-state index in [1.54, 1.807) is 18.2 Å². The predicted octanol–water partition coefficient (Wildman–Crippen LogP) is 3.86. The third-order valence-electron chi connectivity index (χ3n) is 5.31. The van der Waals surface area contributed by atoms with E-state index in [0.717, 1.165) is 31.6 Å². The molecule has 1 amide bonds. The van der Waals surface area contributed by atoms with Crippen molar-refractivity contribution in [2.45, 2.75) is 19.5 Å². The van der Waals surface area contributed by atoms with Crippen molar-refractivity contribution in [2.75, 3.05) is 13.1 Å². The van der Waals surface area contributed by atoms with Crippen LogP contribution in [0.3, 0.4) is 0 Å². The third-order valence-corrected chi connectivity index (χ3v) is 5.31. The van der Waals surface area contributed by atoms with Gasteiger partial charge >= 0.3 is 0 Å². The number of hydrogen-bond acceptors (Lipinski definition) is 3. The van der Waals surface area contributed by atoms with Crippen LogP contribution in [0.15, 0.2) is 78.9 Å². The standard InChI is InChI=1S/C25H24N2O2/c28-24(21-9-2-1-3-10-21)16-26-25(29)22-12-6-7-19(15-22)17-27-14-13-20-8-4-5-11-23(20)18-27/h1-12,15H,13-14,16-18H2,(H,26,29). The van der Waals surface area contributed by atoms with Gasteiger partial charge in [-0.25, -0.2) is 0 Å². The maximum atomic E-state index is 12.5. The van der Waals surface area contributed by atoms with Crippen molar-refractivity contribution in [2.24, 2.45) is 0 Å². The zero-order valence-electron chi connectivity index (χ0n) is 16.3. The van der Waals surface area contributed by atoms with Gasteiger partial charge in [0.2, 0.25) is 0 Å². The number of Topliss-reactive ketones (excluding diaryl/α,β-unsaturated/α-hetero) is 1. The van der Waals surface area contributed by atoms with E-state index >= 15 is 0 Å². The minimum atomic E-state index is -0.222. The maximum Gasteiger partial charge on any atom is 0.251 e. The number of nitrogens with zero attached hydrogens (tertiary/aromatic N) is 1. The molecule has 0 saturated heterocycles. The first kappa shape index (κ1) is 19.1. The number of ketones is 1. The zero-order chi connectivity index (χ0) is 20.1. The second-order valence-electron chi connectivity index (χ2n) is 7.40. The summed E-state index contributed by atoms with van der Waals surface area (Å²) in [7, 11) is 0. The van der Waals surface area contributed by atoms with E-state index in [9.17, 15) is 9.59 Å². The summed E-state index contributed by atoms with van der Waals surface area (Å²) in [6.45, 7) is 2.74. The molecule has 29 heavy (non-hydrogen) atoms. The van der Waals surface area contributed by atoms with E-state index < -0.39 is 0 Å². The highest BCUT2D eigenvalue weighted by Gasteiger charge is 2.16. The normalized spacial score (nSPS) is 13.5. The number of rotatable bonds is 6. The van der Waals surface area contributed by atoms with Crippen LogP contribution in [-0.4, -0.2) is 29.7 Å². The van der Waals surface area contributed by atoms with Gasteiger partial charge in [0.25, 0.3) is 5.91 Å². The topological polar surface area (TPSA) is 49.4 Å². The molecule has 4 nitrogen and oxygen atoms in total. The molecular weight excluding hydrogens is 360 g/mol. The fourth-order valence-corrected chi connectivity index (χ4v) is 3.75. The number of benzene rings is 3. The molecule has 4 rings (SSSR count). The van der Waals surface area contributed by atoms with Crippen LogP contribution in [0.2, 0.25) is 0 Å². The summed E-state index contributed by atoms with van der Waals surface area (Å²) in [5.74, 6) is -0.317. The summed E-state index contributed by atoms with van der Waals surface area (Å²) in [4.78, 5) is 27.1. The van der Waals surface area contributed by atoms with Gasteiger partial charge < -0.3 is 5.32 Å². The molecule has 0 aromatic heterocycles. The molecule has 1 aliphatic rings. The smallest absolute Gasteiger partial charge is 0.251 e. The van der Waals surface area contributed by atoms with Gasteiger partial charge in [0.15, 0.2) is 5.78 Å². The lowest BCUT2D eigenvalue weighted by Crippen LogP contribution is -2.31. The monoisotopic (exact) mass is 384 g/mol. The van der Waals surface area contributed by atoms with Crippen molar-refractivity contribution in [3.63, 3.8) is 0 Å². The molecule has 0 atom stereocenters. The van der Waals surface area contributed by atoms with Crippen molar-refractivity contribution in [3.05, 3.63) is 107 Å². The van der Waals surface area contributed by atoms with E-state index in [2.05, 4.69) is 34.5 Å². The highest BCUT2D eigenvalue weighted by atomic mass is 16.2. The van der Waals surface area contributed by atoms with Crippen LogP contribution in [-0.2, 0) is 19.5 Å². The van der Waals surface area contributed by atoms with Crippen LogP contribution in [0.4, 0.5) is 0 Å². The van der Waals surface area contributed by atoms with E-state index in [1.807, 2.05) is 36.4 Å². The molecule has 1 aliphatic heterocycles. The van der Waals surface area contributed by atoms with Crippen LogP contribution < -0.4 is 5.32 Å². The van der Waals surface area contributed by atoms with Crippen LogP contribution in [0.25, 0.3) is 0 Å². The first-order chi connectivity index (χ1) is 14.2. The fraction of sp³-hybridized carbons (Fsp3) is 0.200. The highest BCUT2D eigenvalue weighted by molar-refractivity contribution is 6.02. The van der Waals surface area contributed by atoms with Gasteiger partial charge in [-0.05, 0) is 35.2 Å². The van der Waals surface area contributed by atoms with Crippen molar-refractivity contribution >= 4 is 11.7 Å². The largest absolute Gasteiger partial charge is 0.345 e. The Bertz CT molecular complexity index is 1010. The first-order valence-corrected chi connectivity index (χ1v) is 9.93. The zero-order valence-corrected chi connectivity index (χ0v) is 16.3. The van der Waals surface area contributed by atoms with Crippen molar-refractivity contribution in [1.82, 2.24) is 10.2 Å². The van der Waals surface area contributed by atoms with Gasteiger partial charge in [-0.15, -0.1) is 0 Å². The molecule has 0 spiro atoms. The number of carbonyl (C=O) groups is 2. The van der Waals surface area contributed by atoms with Crippen molar-refractivity contribution in [3.8, 4) is 0 Å². The molecule has 4 heteroatoms. The van der Waals surface area contributed by atoms with Gasteiger partial charge in [-0.1, -0.05) is 66.7 Å². The minimum Gasteiger partial charge on any atom is -0.345 e. The second-order valence-corrected chi connectivity index (χ2v) is 7.40. The molecule has 0 fully saturated rings. The Balaban J connectivity index is 1.36. The Morgan fingerprint density at radius 1 is 0.828 bits per heavy atom. The number of amides is 1. The summed E-state index contributed by atoms with van der Waals surface area (Å²) < 4.78 is 0. The van der Waals surface area contributed by atoms with E-state index in [1.165, 1.54) is 11.1 Å². The van der Waals surface area contributed by atoms with E-state index in [-0.39, 0.29) is 18.2 Å². The first-order valence-electron chi connectivity index (χ1n) is 9.93. The molecule has 1 N–H and O–H groups in total. The molecule has 0 unspecified atom stereocenters. The highest BCUT2D eigenvalue weighted by Crippen LogP contribution is 2.20. The van der Waals surface area contributed by atoms with Crippen LogP contribution in [0.5, 0.6) is 0 Å². The maximum absolute atomic E-state index is 12.5. The van der Waals surface area contributed by atoms with Gasteiger partial charge in [0, 0.05) is 30.8 Å². The number of carbonyl (C=O) groups excluding carboxylic acids is 2. The lowest BCUT2D eigenvalue weighted by molar-refractivity contribution is 0.0904. The van der Waals surface area contributed by atoms with Crippen LogP contribution in [0.1, 0.15) is 37.4 Å². The van der Waals surface area contributed by atoms with E-state index in [4.69, 9.17) is 0 Å². The van der Waals surface area contributed by atoms with Gasteiger partial charge in [0.05, 0.1) is 6.54 Å². The second kappa shape index (κ2) is 8.84. The number of fused-ring (bicyclic) bond motifs is 1. The van der Waals surface area contributed by atoms with Gasteiger partial charge in [-0.3, -0.25) is 14.5 Å².